The fourth-order valence-electron chi connectivity index (χ4n) is 2.06. The number of carbonyl (C=O) groups is 1. The lowest BCUT2D eigenvalue weighted by Gasteiger charge is -2.32. The van der Waals surface area contributed by atoms with Crippen LogP contribution in [-0.2, 0) is 9.53 Å². The molecule has 0 radical (unpaired) electrons. The molecule has 4 nitrogen and oxygen atoms in total. The van der Waals surface area contributed by atoms with Crippen LogP contribution in [0.5, 0.6) is 0 Å². The SMILES string of the molecule is CC(C)CN(CC(C)C)C(=O)C1CNCCO1.Cl. The molecule has 1 N–H and O–H groups in total. The molecule has 1 aliphatic rings. The Bertz CT molecular complexity index is 231. The van der Waals surface area contributed by atoms with E-state index in [4.69, 9.17) is 4.74 Å². The number of rotatable bonds is 5. The van der Waals surface area contributed by atoms with Crippen LogP contribution in [0.2, 0.25) is 0 Å². The lowest BCUT2D eigenvalue weighted by molar-refractivity contribution is -0.146. The van der Waals surface area contributed by atoms with Crippen molar-refractivity contribution >= 4 is 18.3 Å². The van der Waals surface area contributed by atoms with Gasteiger partial charge in [-0.3, -0.25) is 4.79 Å². The minimum Gasteiger partial charge on any atom is -0.366 e. The van der Waals surface area contributed by atoms with Crippen molar-refractivity contribution in [3.05, 3.63) is 0 Å². The van der Waals surface area contributed by atoms with Crippen molar-refractivity contribution < 1.29 is 9.53 Å². The number of nitrogens with zero attached hydrogens (tertiary/aromatic N) is 1. The second-order valence-corrected chi connectivity index (χ2v) is 5.59. The van der Waals surface area contributed by atoms with Crippen molar-refractivity contribution in [2.75, 3.05) is 32.8 Å². The molecule has 1 amide bonds. The number of morpholine rings is 1. The minimum atomic E-state index is -0.291. The summed E-state index contributed by atoms with van der Waals surface area (Å²) in [5, 5.41) is 3.20. The fourth-order valence-corrected chi connectivity index (χ4v) is 2.06. The second kappa shape index (κ2) is 8.73. The molecular formula is C13H27ClN2O2. The lowest BCUT2D eigenvalue weighted by atomic mass is 10.1. The Morgan fingerprint density at radius 2 is 1.83 bits per heavy atom. The van der Waals surface area contributed by atoms with E-state index in [9.17, 15) is 4.79 Å². The quantitative estimate of drug-likeness (QED) is 0.829. The zero-order valence-corrected chi connectivity index (χ0v) is 12.8. The van der Waals surface area contributed by atoms with Gasteiger partial charge in [-0.15, -0.1) is 12.4 Å². The number of amides is 1. The summed E-state index contributed by atoms with van der Waals surface area (Å²) in [6.07, 6.45) is -0.291. The third kappa shape index (κ3) is 6.03. The van der Waals surface area contributed by atoms with E-state index in [1.54, 1.807) is 0 Å². The topological polar surface area (TPSA) is 41.6 Å². The molecule has 0 aromatic carbocycles. The van der Waals surface area contributed by atoms with Gasteiger partial charge < -0.3 is 15.0 Å². The standard InChI is InChI=1S/C13H26N2O2.ClH/c1-10(2)8-15(9-11(3)4)13(16)12-7-14-5-6-17-12;/h10-12,14H,5-9H2,1-4H3;1H. The molecule has 108 valence electrons. The van der Waals surface area contributed by atoms with E-state index in [0.717, 1.165) is 19.6 Å². The van der Waals surface area contributed by atoms with E-state index in [1.165, 1.54) is 0 Å². The van der Waals surface area contributed by atoms with Gasteiger partial charge in [0.05, 0.1) is 6.61 Å². The Balaban J connectivity index is 0.00000289. The van der Waals surface area contributed by atoms with Crippen LogP contribution in [0.4, 0.5) is 0 Å². The molecule has 5 heteroatoms. The first-order chi connectivity index (χ1) is 8.00. The zero-order chi connectivity index (χ0) is 12.8. The summed E-state index contributed by atoms with van der Waals surface area (Å²) < 4.78 is 5.53. The summed E-state index contributed by atoms with van der Waals surface area (Å²) in [6.45, 7) is 12.3. The molecule has 0 aromatic heterocycles. The van der Waals surface area contributed by atoms with Crippen LogP contribution in [0, 0.1) is 11.8 Å². The van der Waals surface area contributed by atoms with E-state index in [2.05, 4.69) is 33.0 Å². The van der Waals surface area contributed by atoms with E-state index in [1.807, 2.05) is 4.90 Å². The highest BCUT2D eigenvalue weighted by Crippen LogP contribution is 2.09. The van der Waals surface area contributed by atoms with Gasteiger partial charge >= 0.3 is 0 Å². The number of carbonyl (C=O) groups excluding carboxylic acids is 1. The Labute approximate surface area is 117 Å². The first-order valence-corrected chi connectivity index (χ1v) is 6.61. The second-order valence-electron chi connectivity index (χ2n) is 5.59. The van der Waals surface area contributed by atoms with Gasteiger partial charge in [0, 0.05) is 26.2 Å². The molecule has 0 aliphatic carbocycles. The van der Waals surface area contributed by atoms with Gasteiger partial charge in [-0.1, -0.05) is 27.7 Å². The number of hydrogen-bond donors (Lipinski definition) is 1. The molecule has 1 rings (SSSR count). The zero-order valence-electron chi connectivity index (χ0n) is 11.9. The molecule has 0 bridgehead atoms. The average Bonchev–Trinajstić information content (AvgIpc) is 2.27. The summed E-state index contributed by atoms with van der Waals surface area (Å²) in [6, 6.07) is 0. The van der Waals surface area contributed by atoms with Crippen LogP contribution >= 0.6 is 12.4 Å². The molecule has 18 heavy (non-hydrogen) atoms. The van der Waals surface area contributed by atoms with Crippen LogP contribution < -0.4 is 5.32 Å². The van der Waals surface area contributed by atoms with Gasteiger partial charge in [0.15, 0.2) is 0 Å². The summed E-state index contributed by atoms with van der Waals surface area (Å²) in [5.74, 6) is 1.13. The highest BCUT2D eigenvalue weighted by Gasteiger charge is 2.27. The van der Waals surface area contributed by atoms with E-state index in [0.29, 0.717) is 25.0 Å². The molecule has 0 aromatic rings. The third-order valence-corrected chi connectivity index (χ3v) is 2.69. The van der Waals surface area contributed by atoms with Gasteiger partial charge in [0.25, 0.3) is 5.91 Å². The first-order valence-electron chi connectivity index (χ1n) is 6.61. The molecular weight excluding hydrogens is 252 g/mol. The van der Waals surface area contributed by atoms with Crippen molar-refractivity contribution in [2.24, 2.45) is 11.8 Å². The maximum atomic E-state index is 12.3. The molecule has 1 unspecified atom stereocenters. The number of ether oxygens (including phenoxy) is 1. The van der Waals surface area contributed by atoms with Crippen LogP contribution in [0.1, 0.15) is 27.7 Å². The van der Waals surface area contributed by atoms with Crippen LogP contribution in [0.25, 0.3) is 0 Å². The fraction of sp³-hybridized carbons (Fsp3) is 0.923. The smallest absolute Gasteiger partial charge is 0.253 e. The summed E-state index contributed by atoms with van der Waals surface area (Å²) in [4.78, 5) is 14.3. The van der Waals surface area contributed by atoms with E-state index in [-0.39, 0.29) is 24.4 Å². The van der Waals surface area contributed by atoms with Crippen LogP contribution in [0.15, 0.2) is 0 Å². The van der Waals surface area contributed by atoms with Crippen LogP contribution in [-0.4, -0.2) is 49.7 Å². The van der Waals surface area contributed by atoms with Crippen molar-refractivity contribution in [1.29, 1.82) is 0 Å². The van der Waals surface area contributed by atoms with Gasteiger partial charge in [-0.2, -0.15) is 0 Å². The Hall–Kier alpha value is -0.320. The Morgan fingerprint density at radius 3 is 2.22 bits per heavy atom. The van der Waals surface area contributed by atoms with Gasteiger partial charge in [0.2, 0.25) is 0 Å². The maximum Gasteiger partial charge on any atom is 0.253 e. The molecule has 1 heterocycles. The largest absolute Gasteiger partial charge is 0.366 e. The predicted octanol–water partition coefficient (Wildman–Crippen LogP) is 1.54. The van der Waals surface area contributed by atoms with Crippen molar-refractivity contribution in [2.45, 2.75) is 33.8 Å². The van der Waals surface area contributed by atoms with Crippen molar-refractivity contribution in [1.82, 2.24) is 10.2 Å². The normalized spacial score (nSPS) is 19.8. The number of halogens is 1. The highest BCUT2D eigenvalue weighted by molar-refractivity contribution is 5.85. The molecule has 1 saturated heterocycles. The van der Waals surface area contributed by atoms with E-state index < -0.39 is 0 Å². The van der Waals surface area contributed by atoms with E-state index >= 15 is 0 Å². The van der Waals surface area contributed by atoms with Gasteiger partial charge in [0.1, 0.15) is 6.10 Å². The third-order valence-electron chi connectivity index (χ3n) is 2.69. The molecule has 1 aliphatic heterocycles. The minimum absolute atomic E-state index is 0. The van der Waals surface area contributed by atoms with Crippen LogP contribution in [0.3, 0.4) is 0 Å². The average molecular weight is 279 g/mol. The summed E-state index contributed by atoms with van der Waals surface area (Å²) >= 11 is 0. The monoisotopic (exact) mass is 278 g/mol. The molecule has 1 atom stereocenters. The molecule has 0 saturated carbocycles. The maximum absolute atomic E-state index is 12.3. The molecule has 0 spiro atoms. The van der Waals surface area contributed by atoms with Gasteiger partial charge in [-0.25, -0.2) is 0 Å². The summed E-state index contributed by atoms with van der Waals surface area (Å²) in [7, 11) is 0. The van der Waals surface area contributed by atoms with Gasteiger partial charge in [-0.05, 0) is 11.8 Å². The lowest BCUT2D eigenvalue weighted by Crippen LogP contribution is -2.51. The molecule has 1 fully saturated rings. The first kappa shape index (κ1) is 17.7. The Kier molecular flexibility index (Phi) is 8.57. The van der Waals surface area contributed by atoms with Crippen molar-refractivity contribution in [3.8, 4) is 0 Å². The number of nitrogens with one attached hydrogen (secondary N) is 1. The Morgan fingerprint density at radius 1 is 1.28 bits per heavy atom. The summed E-state index contributed by atoms with van der Waals surface area (Å²) in [5.41, 5.74) is 0. The number of hydrogen-bond acceptors (Lipinski definition) is 3. The highest BCUT2D eigenvalue weighted by atomic mass is 35.5. The predicted molar refractivity (Wildman–Crippen MR) is 76.1 cm³/mol. The van der Waals surface area contributed by atoms with Crippen molar-refractivity contribution in [3.63, 3.8) is 0 Å².